The number of hydrogen-bond donors (Lipinski definition) is 2. The van der Waals surface area contributed by atoms with Crippen LogP contribution in [0.15, 0.2) is 12.2 Å². The zero-order valence-corrected chi connectivity index (χ0v) is 17.0. The number of rotatable bonds is 1. The van der Waals surface area contributed by atoms with Crippen molar-refractivity contribution in [3.05, 3.63) is 12.2 Å². The van der Waals surface area contributed by atoms with Crippen molar-refractivity contribution in [3.8, 4) is 0 Å². The van der Waals surface area contributed by atoms with Crippen molar-refractivity contribution in [2.45, 2.75) is 71.7 Å². The lowest BCUT2D eigenvalue weighted by atomic mass is 9.39. The molecule has 0 aromatic carbocycles. The van der Waals surface area contributed by atoms with E-state index in [1.165, 1.54) is 6.92 Å². The van der Waals surface area contributed by atoms with Crippen molar-refractivity contribution < 1.29 is 29.3 Å². The number of aliphatic hydroxyl groups excluding tert-OH is 2. The van der Waals surface area contributed by atoms with Gasteiger partial charge >= 0.3 is 5.97 Å². The van der Waals surface area contributed by atoms with Gasteiger partial charge in [-0.25, -0.2) is 0 Å². The second-order valence-electron chi connectivity index (χ2n) is 10.3. The van der Waals surface area contributed by atoms with Gasteiger partial charge in [0.05, 0.1) is 12.2 Å². The van der Waals surface area contributed by atoms with Gasteiger partial charge in [-0.3, -0.25) is 14.4 Å². The summed E-state index contributed by atoms with van der Waals surface area (Å²) in [5, 5.41) is 22.3. The number of hydrogen-bond acceptors (Lipinski definition) is 6. The van der Waals surface area contributed by atoms with Gasteiger partial charge in [-0.15, -0.1) is 0 Å². The third-order valence-electron chi connectivity index (χ3n) is 8.49. The Bertz CT molecular complexity index is 784. The maximum atomic E-state index is 13.5. The van der Waals surface area contributed by atoms with Crippen LogP contribution >= 0.6 is 0 Å². The second-order valence-corrected chi connectivity index (χ2v) is 10.3. The molecule has 0 unspecified atom stereocenters. The Hall–Kier alpha value is -1.53. The van der Waals surface area contributed by atoms with Gasteiger partial charge in [-0.05, 0) is 24.3 Å². The minimum atomic E-state index is -0.972. The molecule has 8 atom stereocenters. The number of esters is 1. The third kappa shape index (κ3) is 2.19. The molecule has 1 spiro atoms. The highest BCUT2D eigenvalue weighted by Gasteiger charge is 2.74. The molecule has 4 rings (SSSR count). The monoisotopic (exact) mass is 390 g/mol. The summed E-state index contributed by atoms with van der Waals surface area (Å²) in [6.07, 6.45) is -1.13. The maximum absolute atomic E-state index is 13.5. The van der Waals surface area contributed by atoms with E-state index in [9.17, 15) is 24.6 Å². The number of Topliss-reactive ketones (excluding diaryl/α,β-unsaturated/α-hetero) is 2. The molecular weight excluding hydrogens is 360 g/mol. The molecule has 0 aromatic heterocycles. The van der Waals surface area contributed by atoms with Crippen LogP contribution in [0.2, 0.25) is 0 Å². The van der Waals surface area contributed by atoms with Crippen LogP contribution in [0.25, 0.3) is 0 Å². The van der Waals surface area contributed by atoms with Gasteiger partial charge in [0.1, 0.15) is 11.9 Å². The number of allylic oxidation sites excluding steroid dienone is 1. The SMILES string of the molecule is C=C1C(=O)[C@@]23CC(=O)[C@@H]4C(C)(C)[C@@H](OC(C)=O)C[C@H](O)[C@@]4(C)[C@@H]2[C@@H](O)C[C@H]1C3. The quantitative estimate of drug-likeness (QED) is 0.523. The molecule has 0 heterocycles. The van der Waals surface area contributed by atoms with Crippen molar-refractivity contribution >= 4 is 17.5 Å². The Kier molecular flexibility index (Phi) is 4.07. The molecule has 0 radical (unpaired) electrons. The second kappa shape index (κ2) is 5.76. The van der Waals surface area contributed by atoms with E-state index in [0.29, 0.717) is 18.4 Å². The highest BCUT2D eigenvalue weighted by Crippen LogP contribution is 2.70. The van der Waals surface area contributed by atoms with Crippen molar-refractivity contribution in [3.63, 3.8) is 0 Å². The van der Waals surface area contributed by atoms with Crippen molar-refractivity contribution in [1.29, 1.82) is 0 Å². The molecule has 4 aliphatic rings. The molecule has 0 aromatic rings. The first-order valence-electron chi connectivity index (χ1n) is 10.2. The van der Waals surface area contributed by atoms with Gasteiger partial charge in [-0.1, -0.05) is 27.4 Å². The first kappa shape index (κ1) is 19.8. The van der Waals surface area contributed by atoms with Crippen LogP contribution in [-0.2, 0) is 19.1 Å². The van der Waals surface area contributed by atoms with E-state index in [1.54, 1.807) is 0 Å². The molecule has 4 aliphatic carbocycles. The van der Waals surface area contributed by atoms with Crippen LogP contribution < -0.4 is 0 Å². The molecule has 0 saturated heterocycles. The van der Waals surface area contributed by atoms with Crippen LogP contribution in [0.5, 0.6) is 0 Å². The minimum Gasteiger partial charge on any atom is -0.462 e. The van der Waals surface area contributed by atoms with Crippen LogP contribution in [0.1, 0.15) is 53.4 Å². The first-order valence-corrected chi connectivity index (χ1v) is 10.2. The van der Waals surface area contributed by atoms with Crippen LogP contribution in [-0.4, -0.2) is 46.1 Å². The molecule has 6 nitrogen and oxygen atoms in total. The van der Waals surface area contributed by atoms with E-state index in [-0.39, 0.29) is 30.3 Å². The lowest BCUT2D eigenvalue weighted by Crippen LogP contribution is -2.71. The molecule has 28 heavy (non-hydrogen) atoms. The zero-order chi connectivity index (χ0) is 20.8. The fourth-order valence-corrected chi connectivity index (χ4v) is 7.62. The maximum Gasteiger partial charge on any atom is 0.302 e. The fraction of sp³-hybridized carbons (Fsp3) is 0.773. The first-order chi connectivity index (χ1) is 12.9. The minimum absolute atomic E-state index is 0.0618. The fourth-order valence-electron chi connectivity index (χ4n) is 7.62. The Balaban J connectivity index is 1.86. The van der Waals surface area contributed by atoms with Crippen molar-refractivity contribution in [1.82, 2.24) is 0 Å². The highest BCUT2D eigenvalue weighted by molar-refractivity contribution is 6.06. The summed E-state index contributed by atoms with van der Waals surface area (Å²) in [4.78, 5) is 38.3. The normalized spacial score (nSPS) is 49.4. The predicted molar refractivity (Wildman–Crippen MR) is 100.0 cm³/mol. The number of ether oxygens (including phenoxy) is 1. The summed E-state index contributed by atoms with van der Waals surface area (Å²) in [6, 6.07) is 0. The van der Waals surface area contributed by atoms with Crippen molar-refractivity contribution in [2.75, 3.05) is 0 Å². The molecule has 6 heteroatoms. The molecule has 0 amide bonds. The van der Waals surface area contributed by atoms with Gasteiger partial charge < -0.3 is 14.9 Å². The Morgan fingerprint density at radius 3 is 2.43 bits per heavy atom. The highest BCUT2D eigenvalue weighted by atomic mass is 16.5. The summed E-state index contributed by atoms with van der Waals surface area (Å²) in [7, 11) is 0. The van der Waals surface area contributed by atoms with Crippen molar-refractivity contribution in [2.24, 2.45) is 34.0 Å². The molecule has 2 bridgehead atoms. The average Bonchev–Trinajstić information content (AvgIpc) is 2.73. The smallest absolute Gasteiger partial charge is 0.302 e. The lowest BCUT2D eigenvalue weighted by molar-refractivity contribution is -0.241. The summed E-state index contributed by atoms with van der Waals surface area (Å²) in [6.45, 7) is 10.9. The summed E-state index contributed by atoms with van der Waals surface area (Å²) < 4.78 is 5.49. The molecule has 154 valence electrons. The topological polar surface area (TPSA) is 101 Å². The summed E-state index contributed by atoms with van der Waals surface area (Å²) >= 11 is 0. The van der Waals surface area contributed by atoms with E-state index in [4.69, 9.17) is 4.74 Å². The van der Waals surface area contributed by atoms with E-state index in [2.05, 4.69) is 6.58 Å². The summed E-state index contributed by atoms with van der Waals surface area (Å²) in [5.41, 5.74) is -2.14. The lowest BCUT2D eigenvalue weighted by Gasteiger charge is -2.65. The van der Waals surface area contributed by atoms with E-state index in [0.717, 1.165) is 0 Å². The molecule has 4 fully saturated rings. The van der Waals surface area contributed by atoms with Crippen LogP contribution in [0.4, 0.5) is 0 Å². The number of fused-ring (bicyclic) bond motifs is 3. The largest absolute Gasteiger partial charge is 0.462 e. The third-order valence-corrected chi connectivity index (χ3v) is 8.49. The van der Waals surface area contributed by atoms with Gasteiger partial charge in [0.25, 0.3) is 0 Å². The van der Waals surface area contributed by atoms with Gasteiger partial charge in [0, 0.05) is 47.8 Å². The Morgan fingerprint density at radius 1 is 1.18 bits per heavy atom. The van der Waals surface area contributed by atoms with E-state index in [1.807, 2.05) is 20.8 Å². The molecule has 4 saturated carbocycles. The number of carbonyl (C=O) groups excluding carboxylic acids is 3. The van der Waals surface area contributed by atoms with Gasteiger partial charge in [-0.2, -0.15) is 0 Å². The molecule has 0 aliphatic heterocycles. The van der Waals surface area contributed by atoms with E-state index >= 15 is 0 Å². The van der Waals surface area contributed by atoms with Gasteiger partial charge in [0.2, 0.25) is 0 Å². The average molecular weight is 390 g/mol. The number of ketones is 2. The molecule has 2 N–H and O–H groups in total. The predicted octanol–water partition coefficient (Wildman–Crippen LogP) is 1.82. The Labute approximate surface area is 165 Å². The number of carbonyl (C=O) groups is 3. The van der Waals surface area contributed by atoms with Crippen LogP contribution in [0, 0.1) is 34.0 Å². The standard InChI is InChI=1S/C22H30O6/c1-10-12-6-13(24)18-21(5)15(26)7-16(28-11(2)23)20(3,4)17(21)14(25)9-22(18,8-12)19(10)27/h12-13,15-18,24,26H,1,6-9H2,2-5H3/t12-,13-,15-,16-,17+,18-,21+,22-/m0/s1. The summed E-state index contributed by atoms with van der Waals surface area (Å²) in [5.74, 6) is -1.87. The van der Waals surface area contributed by atoms with Gasteiger partial charge in [0.15, 0.2) is 5.78 Å². The zero-order valence-electron chi connectivity index (χ0n) is 17.0. The van der Waals surface area contributed by atoms with E-state index < -0.39 is 52.4 Å². The van der Waals surface area contributed by atoms with Crippen LogP contribution in [0.3, 0.4) is 0 Å². The Morgan fingerprint density at radius 2 is 1.82 bits per heavy atom. The molecular formula is C22H30O6. The number of aliphatic hydroxyl groups is 2.